The Morgan fingerprint density at radius 3 is 2.16 bits per heavy atom. The van der Waals surface area contributed by atoms with Crippen molar-refractivity contribution in [1.29, 1.82) is 0 Å². The van der Waals surface area contributed by atoms with Gasteiger partial charge in [0.05, 0.1) is 42.7 Å². The molecule has 0 fully saturated rings. The third-order valence-electron chi connectivity index (χ3n) is 6.13. The van der Waals surface area contributed by atoms with Crippen LogP contribution < -0.4 is 19.2 Å². The van der Waals surface area contributed by atoms with E-state index in [1.807, 2.05) is 18.2 Å². The number of nitrogens with zero attached hydrogens (tertiary/aromatic N) is 4. The first-order valence-corrected chi connectivity index (χ1v) is 15.8. The molecule has 0 atom stereocenters. The standard InChI is InChI=1S/C30H29BrN4O6S2/c1-6-14-34(15-7-2)43(37,38)23-11-8-21(9-12-23)29(36)35(30-33-24-13-10-22(31)18-27(24)42-30)32-19-20-16-25(39-3)28(41-5)26(17-20)40-4/h6-13,16-19H,1-2,14-15H2,3-5H3/b32-19+. The Morgan fingerprint density at radius 2 is 1.60 bits per heavy atom. The number of hydrogen-bond acceptors (Lipinski definition) is 9. The minimum Gasteiger partial charge on any atom is -0.493 e. The van der Waals surface area contributed by atoms with Gasteiger partial charge in [0.15, 0.2) is 11.5 Å². The highest BCUT2D eigenvalue weighted by Gasteiger charge is 2.25. The first-order chi connectivity index (χ1) is 20.7. The van der Waals surface area contributed by atoms with Gasteiger partial charge in [-0.05, 0) is 54.6 Å². The zero-order valence-corrected chi connectivity index (χ0v) is 26.9. The molecule has 4 aromatic rings. The molecule has 1 amide bonds. The van der Waals surface area contributed by atoms with Crippen molar-refractivity contribution in [3.05, 3.63) is 95.5 Å². The number of rotatable bonds is 13. The molecule has 4 rings (SSSR count). The molecular weight excluding hydrogens is 656 g/mol. The number of aromatic nitrogens is 1. The molecule has 10 nitrogen and oxygen atoms in total. The van der Waals surface area contributed by atoms with E-state index in [1.165, 1.54) is 84.6 Å². The number of carbonyl (C=O) groups is 1. The summed E-state index contributed by atoms with van der Waals surface area (Å²) in [6.07, 6.45) is 4.48. The average Bonchev–Trinajstić information content (AvgIpc) is 3.43. The second-order valence-corrected chi connectivity index (χ2v) is 12.7. The van der Waals surface area contributed by atoms with Crippen LogP contribution in [-0.4, -0.2) is 64.2 Å². The second-order valence-electron chi connectivity index (χ2n) is 8.85. The lowest BCUT2D eigenvalue weighted by atomic mass is 10.2. The molecule has 0 bridgehead atoms. The molecule has 224 valence electrons. The lowest BCUT2D eigenvalue weighted by Crippen LogP contribution is -2.31. The summed E-state index contributed by atoms with van der Waals surface area (Å²) in [5.74, 6) is 0.746. The number of halogens is 1. The number of sulfonamides is 1. The van der Waals surface area contributed by atoms with Gasteiger partial charge in [-0.25, -0.2) is 13.4 Å². The predicted octanol–water partition coefficient (Wildman–Crippen LogP) is 6.13. The maximum absolute atomic E-state index is 13.9. The smallest absolute Gasteiger partial charge is 0.280 e. The molecule has 43 heavy (non-hydrogen) atoms. The topological polar surface area (TPSA) is 111 Å². The molecule has 0 spiro atoms. The molecule has 0 radical (unpaired) electrons. The van der Waals surface area contributed by atoms with E-state index in [4.69, 9.17) is 14.2 Å². The lowest BCUT2D eigenvalue weighted by molar-refractivity contribution is 0.0987. The maximum Gasteiger partial charge on any atom is 0.280 e. The lowest BCUT2D eigenvalue weighted by Gasteiger charge is -2.19. The number of hydrazone groups is 1. The van der Waals surface area contributed by atoms with E-state index in [-0.39, 0.29) is 23.5 Å². The molecule has 0 aliphatic carbocycles. The Labute approximate surface area is 262 Å². The molecule has 0 unspecified atom stereocenters. The average molecular weight is 686 g/mol. The van der Waals surface area contributed by atoms with E-state index in [1.54, 1.807) is 12.1 Å². The minimum absolute atomic E-state index is 0.0325. The van der Waals surface area contributed by atoms with Crippen LogP contribution in [0, 0.1) is 0 Å². The van der Waals surface area contributed by atoms with Crippen LogP contribution in [0.2, 0.25) is 0 Å². The molecule has 1 aromatic heterocycles. The van der Waals surface area contributed by atoms with Crippen molar-refractivity contribution >= 4 is 64.8 Å². The van der Waals surface area contributed by atoms with E-state index in [0.29, 0.717) is 33.5 Å². The van der Waals surface area contributed by atoms with E-state index >= 15 is 0 Å². The van der Waals surface area contributed by atoms with Gasteiger partial charge in [0.1, 0.15) is 0 Å². The molecule has 0 saturated carbocycles. The molecule has 0 N–H and O–H groups in total. The maximum atomic E-state index is 13.9. The number of ether oxygens (including phenoxy) is 3. The Morgan fingerprint density at radius 1 is 0.977 bits per heavy atom. The van der Waals surface area contributed by atoms with Crippen molar-refractivity contribution in [2.45, 2.75) is 4.90 Å². The van der Waals surface area contributed by atoms with Crippen LogP contribution in [0.25, 0.3) is 10.2 Å². The van der Waals surface area contributed by atoms with Crippen LogP contribution in [0.15, 0.2) is 94.4 Å². The first-order valence-electron chi connectivity index (χ1n) is 12.7. The SMILES string of the molecule is C=CCN(CC=C)S(=O)(=O)c1ccc(C(=O)N(/N=C/c2cc(OC)c(OC)c(OC)c2)c2nc3ccc(Br)cc3s2)cc1. The van der Waals surface area contributed by atoms with E-state index < -0.39 is 15.9 Å². The highest BCUT2D eigenvalue weighted by atomic mass is 79.9. The van der Waals surface area contributed by atoms with Crippen LogP contribution in [-0.2, 0) is 10.0 Å². The summed E-state index contributed by atoms with van der Waals surface area (Å²) in [7, 11) is 0.678. The summed E-state index contributed by atoms with van der Waals surface area (Å²) >= 11 is 4.75. The molecule has 0 aliphatic heterocycles. The fourth-order valence-electron chi connectivity index (χ4n) is 4.07. The Bertz CT molecular complexity index is 1750. The summed E-state index contributed by atoms with van der Waals surface area (Å²) in [5, 5.41) is 6.00. The fourth-order valence-corrected chi connectivity index (χ4v) is 6.92. The largest absolute Gasteiger partial charge is 0.493 e. The van der Waals surface area contributed by atoms with Crippen molar-refractivity contribution in [2.24, 2.45) is 5.10 Å². The van der Waals surface area contributed by atoms with E-state index in [9.17, 15) is 13.2 Å². The second kappa shape index (κ2) is 14.0. The highest BCUT2D eigenvalue weighted by Crippen LogP contribution is 2.38. The fraction of sp³-hybridized carbons (Fsp3) is 0.167. The van der Waals surface area contributed by atoms with Gasteiger partial charge in [0.25, 0.3) is 5.91 Å². The van der Waals surface area contributed by atoms with Gasteiger partial charge in [-0.1, -0.05) is 39.4 Å². The van der Waals surface area contributed by atoms with Crippen molar-refractivity contribution < 1.29 is 27.4 Å². The summed E-state index contributed by atoms with van der Waals surface area (Å²) in [6, 6.07) is 14.7. The van der Waals surface area contributed by atoms with Crippen molar-refractivity contribution in [2.75, 3.05) is 39.4 Å². The van der Waals surface area contributed by atoms with Gasteiger partial charge in [-0.3, -0.25) is 4.79 Å². The van der Waals surface area contributed by atoms with Crippen molar-refractivity contribution in [1.82, 2.24) is 9.29 Å². The third kappa shape index (κ3) is 6.96. The number of amides is 1. The molecular formula is C30H29BrN4O6S2. The number of thiazole rings is 1. The van der Waals surface area contributed by atoms with Crippen LogP contribution in [0.5, 0.6) is 17.2 Å². The van der Waals surface area contributed by atoms with Gasteiger partial charge >= 0.3 is 0 Å². The van der Waals surface area contributed by atoms with Gasteiger partial charge in [-0.2, -0.15) is 14.4 Å². The van der Waals surface area contributed by atoms with Gasteiger partial charge < -0.3 is 14.2 Å². The van der Waals surface area contributed by atoms with Gasteiger partial charge in [0, 0.05) is 28.7 Å². The molecule has 13 heteroatoms. The number of fused-ring (bicyclic) bond motifs is 1. The van der Waals surface area contributed by atoms with E-state index in [0.717, 1.165) is 9.17 Å². The predicted molar refractivity (Wildman–Crippen MR) is 173 cm³/mol. The zero-order valence-electron chi connectivity index (χ0n) is 23.7. The quantitative estimate of drug-likeness (QED) is 0.0947. The summed E-state index contributed by atoms with van der Waals surface area (Å²) in [6.45, 7) is 7.50. The number of methoxy groups -OCH3 is 3. The van der Waals surface area contributed by atoms with E-state index in [2.05, 4.69) is 39.2 Å². The van der Waals surface area contributed by atoms with Gasteiger partial charge in [-0.15, -0.1) is 13.2 Å². The number of benzene rings is 3. The molecule has 3 aromatic carbocycles. The van der Waals surface area contributed by atoms with Crippen LogP contribution in [0.1, 0.15) is 15.9 Å². The monoisotopic (exact) mass is 684 g/mol. The van der Waals surface area contributed by atoms with Crippen molar-refractivity contribution in [3.8, 4) is 17.2 Å². The zero-order chi connectivity index (χ0) is 31.1. The highest BCUT2D eigenvalue weighted by molar-refractivity contribution is 9.10. The summed E-state index contributed by atoms with van der Waals surface area (Å²) in [5.41, 5.74) is 1.47. The van der Waals surface area contributed by atoms with Gasteiger partial charge in [0.2, 0.25) is 20.9 Å². The Hall–Kier alpha value is -4.04. The molecule has 0 saturated heterocycles. The summed E-state index contributed by atoms with van der Waals surface area (Å²) < 4.78 is 45.5. The van der Waals surface area contributed by atoms with Crippen molar-refractivity contribution in [3.63, 3.8) is 0 Å². The summed E-state index contributed by atoms with van der Waals surface area (Å²) in [4.78, 5) is 18.5. The molecule has 0 aliphatic rings. The van der Waals surface area contributed by atoms with Crippen LogP contribution >= 0.6 is 27.3 Å². The molecule has 1 heterocycles. The third-order valence-corrected chi connectivity index (χ3v) is 9.46. The van der Waals surface area contributed by atoms with Crippen LogP contribution in [0.3, 0.4) is 0 Å². The first kappa shape index (κ1) is 31.9. The number of anilines is 1. The normalized spacial score (nSPS) is 11.6. The minimum atomic E-state index is -3.84. The van der Waals surface area contributed by atoms with Crippen LogP contribution in [0.4, 0.5) is 5.13 Å². The Balaban J connectivity index is 1.75. The number of carbonyl (C=O) groups excluding carboxylic acids is 1. The number of hydrogen-bond donors (Lipinski definition) is 0. The Kier molecular flexibility index (Phi) is 10.3.